The molecule has 1 amide bonds. The number of carbonyl (C=O) groups excluding carboxylic acids is 1. The summed E-state index contributed by atoms with van der Waals surface area (Å²) >= 11 is 0. The van der Waals surface area contributed by atoms with E-state index in [1.54, 1.807) is 0 Å². The molecule has 0 heterocycles. The lowest BCUT2D eigenvalue weighted by Crippen LogP contribution is -2.45. The minimum Gasteiger partial charge on any atom is -0.491 e. The van der Waals surface area contributed by atoms with Gasteiger partial charge in [0.05, 0.1) is 11.6 Å². The molecule has 2 rings (SSSR count). The SMILES string of the molecule is N[C@@H](Cc1ccccc1)C(=O)NCC(O)COc1cccc(C(F)(F)F)c1. The van der Waals surface area contributed by atoms with E-state index in [9.17, 15) is 23.1 Å². The molecule has 2 atom stereocenters. The number of alkyl halides is 3. The monoisotopic (exact) mass is 382 g/mol. The van der Waals surface area contributed by atoms with Gasteiger partial charge in [0.25, 0.3) is 0 Å². The molecule has 0 fully saturated rings. The highest BCUT2D eigenvalue weighted by Crippen LogP contribution is 2.31. The molecule has 2 aromatic rings. The second-order valence-corrected chi connectivity index (χ2v) is 6.03. The lowest BCUT2D eigenvalue weighted by Gasteiger charge is -2.16. The van der Waals surface area contributed by atoms with E-state index in [2.05, 4.69) is 5.32 Å². The van der Waals surface area contributed by atoms with Gasteiger partial charge < -0.3 is 20.9 Å². The Balaban J connectivity index is 1.76. The number of hydrogen-bond donors (Lipinski definition) is 3. The van der Waals surface area contributed by atoms with Crippen LogP contribution in [0.2, 0.25) is 0 Å². The van der Waals surface area contributed by atoms with Gasteiger partial charge in [0, 0.05) is 6.54 Å². The van der Waals surface area contributed by atoms with E-state index in [0.717, 1.165) is 17.7 Å². The molecule has 0 radical (unpaired) electrons. The highest BCUT2D eigenvalue weighted by Gasteiger charge is 2.30. The second kappa shape index (κ2) is 9.38. The first-order valence-electron chi connectivity index (χ1n) is 8.31. The fourth-order valence-corrected chi connectivity index (χ4v) is 2.32. The molecule has 146 valence electrons. The molecule has 2 aromatic carbocycles. The highest BCUT2D eigenvalue weighted by molar-refractivity contribution is 5.81. The maximum atomic E-state index is 12.6. The molecule has 27 heavy (non-hydrogen) atoms. The van der Waals surface area contributed by atoms with Gasteiger partial charge in [-0.3, -0.25) is 4.79 Å². The topological polar surface area (TPSA) is 84.6 Å². The molecule has 0 aliphatic rings. The van der Waals surface area contributed by atoms with Crippen LogP contribution in [0.5, 0.6) is 5.75 Å². The minimum atomic E-state index is -4.47. The number of nitrogens with one attached hydrogen (secondary N) is 1. The maximum Gasteiger partial charge on any atom is 0.416 e. The van der Waals surface area contributed by atoms with Gasteiger partial charge in [0.2, 0.25) is 5.91 Å². The molecule has 0 saturated heterocycles. The molecule has 0 saturated carbocycles. The molecule has 4 N–H and O–H groups in total. The van der Waals surface area contributed by atoms with Crippen LogP contribution in [0.15, 0.2) is 54.6 Å². The standard InChI is InChI=1S/C19H21F3N2O3/c20-19(21,22)14-7-4-8-16(10-14)27-12-15(25)11-24-18(26)17(23)9-13-5-2-1-3-6-13/h1-8,10,15,17,25H,9,11-12,23H2,(H,24,26)/t15?,17-/m0/s1. The van der Waals surface area contributed by atoms with Crippen LogP contribution in [0.4, 0.5) is 13.2 Å². The van der Waals surface area contributed by atoms with Crippen molar-refractivity contribution in [3.05, 3.63) is 65.7 Å². The van der Waals surface area contributed by atoms with E-state index in [1.165, 1.54) is 12.1 Å². The third-order valence-electron chi connectivity index (χ3n) is 3.75. The predicted octanol–water partition coefficient (Wildman–Crippen LogP) is 2.13. The zero-order valence-corrected chi connectivity index (χ0v) is 14.4. The molecule has 8 heteroatoms. The number of carbonyl (C=O) groups is 1. The smallest absolute Gasteiger partial charge is 0.416 e. The zero-order valence-electron chi connectivity index (χ0n) is 14.4. The van der Waals surface area contributed by atoms with Crippen molar-refractivity contribution < 1.29 is 27.8 Å². The molecule has 0 aliphatic carbocycles. The minimum absolute atomic E-state index is 0.0176. The van der Waals surface area contributed by atoms with Crippen molar-refractivity contribution in [1.82, 2.24) is 5.32 Å². The van der Waals surface area contributed by atoms with Crippen LogP contribution in [-0.2, 0) is 17.4 Å². The summed E-state index contributed by atoms with van der Waals surface area (Å²) < 4.78 is 43.1. The number of benzene rings is 2. The Bertz CT molecular complexity index is 738. The van der Waals surface area contributed by atoms with Gasteiger partial charge in [0.15, 0.2) is 0 Å². The van der Waals surface area contributed by atoms with Gasteiger partial charge >= 0.3 is 6.18 Å². The van der Waals surface area contributed by atoms with Crippen LogP contribution in [0.25, 0.3) is 0 Å². The van der Waals surface area contributed by atoms with Gasteiger partial charge in [-0.15, -0.1) is 0 Å². The first-order valence-corrected chi connectivity index (χ1v) is 8.31. The quantitative estimate of drug-likeness (QED) is 0.653. The lowest BCUT2D eigenvalue weighted by molar-refractivity contribution is -0.137. The third kappa shape index (κ3) is 6.92. The Morgan fingerprint density at radius 3 is 2.52 bits per heavy atom. The van der Waals surface area contributed by atoms with Crippen LogP contribution in [0.3, 0.4) is 0 Å². The summed E-state index contributed by atoms with van der Waals surface area (Å²) in [5.41, 5.74) is 5.90. The van der Waals surface area contributed by atoms with Crippen molar-refractivity contribution >= 4 is 5.91 Å². The number of rotatable bonds is 8. The van der Waals surface area contributed by atoms with Crippen molar-refractivity contribution in [2.75, 3.05) is 13.2 Å². The third-order valence-corrected chi connectivity index (χ3v) is 3.75. The summed E-state index contributed by atoms with van der Waals surface area (Å²) in [7, 11) is 0. The molecule has 0 aliphatic heterocycles. The van der Waals surface area contributed by atoms with E-state index in [4.69, 9.17) is 10.5 Å². The van der Waals surface area contributed by atoms with Gasteiger partial charge in [0.1, 0.15) is 18.5 Å². The largest absolute Gasteiger partial charge is 0.491 e. The van der Waals surface area contributed by atoms with Crippen LogP contribution >= 0.6 is 0 Å². The molecule has 0 bridgehead atoms. The van der Waals surface area contributed by atoms with Gasteiger partial charge in [-0.2, -0.15) is 13.2 Å². The lowest BCUT2D eigenvalue weighted by atomic mass is 10.1. The summed E-state index contributed by atoms with van der Waals surface area (Å²) in [5, 5.41) is 12.4. The number of nitrogens with two attached hydrogens (primary N) is 1. The van der Waals surface area contributed by atoms with Gasteiger partial charge in [-0.1, -0.05) is 36.4 Å². The van der Waals surface area contributed by atoms with E-state index in [0.29, 0.717) is 6.42 Å². The summed E-state index contributed by atoms with van der Waals surface area (Å²) in [6, 6.07) is 12.8. The Morgan fingerprint density at radius 2 is 1.85 bits per heavy atom. The van der Waals surface area contributed by atoms with Gasteiger partial charge in [-0.25, -0.2) is 0 Å². The second-order valence-electron chi connectivity index (χ2n) is 6.03. The first-order chi connectivity index (χ1) is 12.8. The van der Waals surface area contributed by atoms with E-state index >= 15 is 0 Å². The molecule has 0 aromatic heterocycles. The summed E-state index contributed by atoms with van der Waals surface area (Å²) in [6.45, 7) is -0.393. The number of hydrogen-bond acceptors (Lipinski definition) is 4. The number of halogens is 3. The Morgan fingerprint density at radius 1 is 1.15 bits per heavy atom. The van der Waals surface area contributed by atoms with Crippen molar-refractivity contribution in [3.63, 3.8) is 0 Å². The molecular weight excluding hydrogens is 361 g/mol. The normalized spacial score (nSPS) is 13.7. The van der Waals surface area contributed by atoms with Crippen molar-refractivity contribution in [3.8, 4) is 5.75 Å². The van der Waals surface area contributed by atoms with Crippen molar-refractivity contribution in [2.24, 2.45) is 5.73 Å². The average molecular weight is 382 g/mol. The van der Waals surface area contributed by atoms with Crippen LogP contribution in [-0.4, -0.2) is 36.3 Å². The van der Waals surface area contributed by atoms with Gasteiger partial charge in [-0.05, 0) is 30.2 Å². The number of aliphatic hydroxyl groups excluding tert-OH is 1. The fraction of sp³-hybridized carbons (Fsp3) is 0.316. The van der Waals surface area contributed by atoms with E-state index in [-0.39, 0.29) is 18.9 Å². The highest BCUT2D eigenvalue weighted by atomic mass is 19.4. The van der Waals surface area contributed by atoms with Crippen LogP contribution in [0, 0.1) is 0 Å². The average Bonchev–Trinajstić information content (AvgIpc) is 2.64. The summed E-state index contributed by atoms with van der Waals surface area (Å²) in [5.74, 6) is -0.451. The predicted molar refractivity (Wildman–Crippen MR) is 94.1 cm³/mol. The van der Waals surface area contributed by atoms with Crippen molar-refractivity contribution in [2.45, 2.75) is 24.7 Å². The van der Waals surface area contributed by atoms with Crippen LogP contribution < -0.4 is 15.8 Å². The maximum absolute atomic E-state index is 12.6. The number of ether oxygens (including phenoxy) is 1. The van der Waals surface area contributed by atoms with E-state index < -0.39 is 29.8 Å². The molecule has 1 unspecified atom stereocenters. The van der Waals surface area contributed by atoms with Crippen molar-refractivity contribution in [1.29, 1.82) is 0 Å². The number of aliphatic hydroxyl groups is 1. The first kappa shape index (κ1) is 20.7. The van der Waals surface area contributed by atoms with Crippen LogP contribution in [0.1, 0.15) is 11.1 Å². The summed E-state index contributed by atoms with van der Waals surface area (Å²) in [6.07, 6.45) is -5.21. The fourth-order valence-electron chi connectivity index (χ4n) is 2.32. The zero-order chi connectivity index (χ0) is 19.9. The summed E-state index contributed by atoms with van der Waals surface area (Å²) in [4.78, 5) is 12.0. The Hall–Kier alpha value is -2.58. The van der Waals surface area contributed by atoms with E-state index in [1.807, 2.05) is 30.3 Å². The number of amides is 1. The molecule has 0 spiro atoms. The molecular formula is C19H21F3N2O3. The molecule has 5 nitrogen and oxygen atoms in total. The Labute approximate surface area is 154 Å². The Kier molecular flexibility index (Phi) is 7.20.